The predicted octanol–water partition coefficient (Wildman–Crippen LogP) is 2.60. The van der Waals surface area contributed by atoms with Crippen molar-refractivity contribution in [1.82, 2.24) is 5.32 Å². The van der Waals surface area contributed by atoms with Crippen LogP contribution in [0.15, 0.2) is 35.7 Å². The first-order valence-electron chi connectivity index (χ1n) is 7.58. The lowest BCUT2D eigenvalue weighted by Gasteiger charge is -2.12. The van der Waals surface area contributed by atoms with E-state index in [4.69, 9.17) is 9.84 Å². The monoisotopic (exact) mass is 362 g/mol. The van der Waals surface area contributed by atoms with Crippen LogP contribution in [0, 0.1) is 0 Å². The third-order valence-electron chi connectivity index (χ3n) is 3.27. The van der Waals surface area contributed by atoms with Gasteiger partial charge in [0.05, 0.1) is 17.9 Å². The van der Waals surface area contributed by atoms with E-state index in [-0.39, 0.29) is 4.88 Å². The molecule has 0 fully saturated rings. The zero-order valence-corrected chi connectivity index (χ0v) is 14.6. The van der Waals surface area contributed by atoms with E-state index in [1.807, 2.05) is 6.92 Å². The number of anilines is 1. The van der Waals surface area contributed by atoms with Crippen molar-refractivity contribution in [1.29, 1.82) is 0 Å². The average molecular weight is 362 g/mol. The lowest BCUT2D eigenvalue weighted by Crippen LogP contribution is -2.38. The van der Waals surface area contributed by atoms with Gasteiger partial charge in [-0.3, -0.25) is 14.4 Å². The van der Waals surface area contributed by atoms with Crippen molar-refractivity contribution in [3.8, 4) is 5.75 Å². The van der Waals surface area contributed by atoms with Crippen LogP contribution in [0.5, 0.6) is 5.75 Å². The quantitative estimate of drug-likeness (QED) is 0.702. The summed E-state index contributed by atoms with van der Waals surface area (Å²) in [4.78, 5) is 35.8. The molecule has 0 radical (unpaired) electrons. The van der Waals surface area contributed by atoms with Gasteiger partial charge in [-0.15, -0.1) is 11.3 Å². The standard InChI is InChI=1S/C17H18N2O5S/c1-3-24-13-7-5-4-6-11(13)15(20)19-12-8-9-25-14(12)16(21)18-10(2)17(22)23/h4-10H,3H2,1-2H3,(H,18,21)(H,19,20)(H,22,23)/t10-/m0/s1. The molecule has 0 saturated carbocycles. The smallest absolute Gasteiger partial charge is 0.325 e. The third-order valence-corrected chi connectivity index (χ3v) is 4.18. The minimum Gasteiger partial charge on any atom is -0.493 e. The average Bonchev–Trinajstić information content (AvgIpc) is 3.03. The molecular weight excluding hydrogens is 344 g/mol. The number of carboxylic acid groups (broad SMARTS) is 1. The highest BCUT2D eigenvalue weighted by atomic mass is 32.1. The number of rotatable bonds is 7. The Morgan fingerprint density at radius 2 is 1.92 bits per heavy atom. The molecule has 0 saturated heterocycles. The van der Waals surface area contributed by atoms with Crippen molar-refractivity contribution in [3.63, 3.8) is 0 Å². The Kier molecular flexibility index (Phi) is 6.13. The topological polar surface area (TPSA) is 105 Å². The minimum atomic E-state index is -1.14. The van der Waals surface area contributed by atoms with Gasteiger partial charge in [0.1, 0.15) is 16.7 Å². The van der Waals surface area contributed by atoms with Gasteiger partial charge in [-0.2, -0.15) is 0 Å². The molecule has 0 bridgehead atoms. The Hall–Kier alpha value is -2.87. The van der Waals surface area contributed by atoms with Crippen LogP contribution < -0.4 is 15.4 Å². The van der Waals surface area contributed by atoms with Gasteiger partial charge in [0.25, 0.3) is 11.8 Å². The number of nitrogens with one attached hydrogen (secondary N) is 2. The van der Waals surface area contributed by atoms with E-state index >= 15 is 0 Å². The van der Waals surface area contributed by atoms with Crippen molar-refractivity contribution < 1.29 is 24.2 Å². The van der Waals surface area contributed by atoms with Crippen LogP contribution in [0.4, 0.5) is 5.69 Å². The summed E-state index contributed by atoms with van der Waals surface area (Å²) >= 11 is 1.11. The summed E-state index contributed by atoms with van der Waals surface area (Å²) in [6.07, 6.45) is 0. The highest BCUT2D eigenvalue weighted by molar-refractivity contribution is 7.12. The Bertz CT molecular complexity index is 787. The van der Waals surface area contributed by atoms with Gasteiger partial charge in [0, 0.05) is 0 Å². The van der Waals surface area contributed by atoms with E-state index in [1.54, 1.807) is 35.7 Å². The van der Waals surface area contributed by atoms with Crippen LogP contribution in [0.3, 0.4) is 0 Å². The molecule has 1 heterocycles. The maximum atomic E-state index is 12.5. The summed E-state index contributed by atoms with van der Waals surface area (Å²) in [7, 11) is 0. The molecule has 0 unspecified atom stereocenters. The molecular formula is C17H18N2O5S. The number of ether oxygens (including phenoxy) is 1. The number of para-hydroxylation sites is 1. The second-order valence-electron chi connectivity index (χ2n) is 5.08. The van der Waals surface area contributed by atoms with E-state index in [0.29, 0.717) is 23.6 Å². The number of hydrogen-bond donors (Lipinski definition) is 3. The number of hydrogen-bond acceptors (Lipinski definition) is 5. The maximum Gasteiger partial charge on any atom is 0.325 e. The first kappa shape index (κ1) is 18.5. The van der Waals surface area contributed by atoms with Crippen LogP contribution in [-0.4, -0.2) is 35.5 Å². The van der Waals surface area contributed by atoms with Crippen LogP contribution in [0.25, 0.3) is 0 Å². The lowest BCUT2D eigenvalue weighted by molar-refractivity contribution is -0.138. The first-order valence-corrected chi connectivity index (χ1v) is 8.46. The molecule has 8 heteroatoms. The lowest BCUT2D eigenvalue weighted by atomic mass is 10.2. The zero-order chi connectivity index (χ0) is 18.4. The Labute approximate surface area is 148 Å². The predicted molar refractivity (Wildman–Crippen MR) is 94.4 cm³/mol. The molecule has 0 aliphatic heterocycles. The van der Waals surface area contributed by atoms with Gasteiger partial charge in [0.15, 0.2) is 0 Å². The molecule has 0 spiro atoms. The Balaban J connectivity index is 2.17. The highest BCUT2D eigenvalue weighted by Crippen LogP contribution is 2.25. The van der Waals surface area contributed by atoms with E-state index in [9.17, 15) is 14.4 Å². The largest absolute Gasteiger partial charge is 0.493 e. The molecule has 3 N–H and O–H groups in total. The van der Waals surface area contributed by atoms with Crippen LogP contribution in [0.2, 0.25) is 0 Å². The second kappa shape index (κ2) is 8.29. The molecule has 1 atom stereocenters. The van der Waals surface area contributed by atoms with Crippen LogP contribution >= 0.6 is 11.3 Å². The van der Waals surface area contributed by atoms with E-state index in [0.717, 1.165) is 11.3 Å². The number of thiophene rings is 1. The normalized spacial score (nSPS) is 11.4. The second-order valence-corrected chi connectivity index (χ2v) is 6.00. The fourth-order valence-corrected chi connectivity index (χ4v) is 2.78. The molecule has 2 aromatic rings. The zero-order valence-electron chi connectivity index (χ0n) is 13.7. The molecule has 2 amide bonds. The molecule has 1 aromatic heterocycles. The van der Waals surface area contributed by atoms with E-state index < -0.39 is 23.8 Å². The maximum absolute atomic E-state index is 12.5. The number of aliphatic carboxylic acids is 1. The fraction of sp³-hybridized carbons (Fsp3) is 0.235. The summed E-state index contributed by atoms with van der Waals surface area (Å²) in [6, 6.07) is 7.35. The molecule has 0 aliphatic rings. The molecule has 132 valence electrons. The van der Waals surface area contributed by atoms with Gasteiger partial charge in [-0.05, 0) is 37.4 Å². The molecule has 2 rings (SSSR count). The van der Waals surface area contributed by atoms with Gasteiger partial charge in [-0.1, -0.05) is 12.1 Å². The summed E-state index contributed by atoms with van der Waals surface area (Å²) in [5.74, 6) is -1.66. The van der Waals surface area contributed by atoms with Crippen molar-refractivity contribution in [2.75, 3.05) is 11.9 Å². The van der Waals surface area contributed by atoms with E-state index in [1.165, 1.54) is 6.92 Å². The van der Waals surface area contributed by atoms with Crippen molar-refractivity contribution in [2.45, 2.75) is 19.9 Å². The fourth-order valence-electron chi connectivity index (χ4n) is 2.03. The van der Waals surface area contributed by atoms with Crippen molar-refractivity contribution in [2.24, 2.45) is 0 Å². The van der Waals surface area contributed by atoms with E-state index in [2.05, 4.69) is 10.6 Å². The Morgan fingerprint density at radius 1 is 1.20 bits per heavy atom. The van der Waals surface area contributed by atoms with Crippen LogP contribution in [0.1, 0.15) is 33.9 Å². The summed E-state index contributed by atoms with van der Waals surface area (Å²) in [5.41, 5.74) is 0.664. The first-order chi connectivity index (χ1) is 11.9. The number of amides is 2. The van der Waals surface area contributed by atoms with Gasteiger partial charge >= 0.3 is 5.97 Å². The van der Waals surface area contributed by atoms with Gasteiger partial charge in [-0.25, -0.2) is 0 Å². The number of benzene rings is 1. The van der Waals surface area contributed by atoms with Crippen LogP contribution in [-0.2, 0) is 4.79 Å². The number of carboxylic acids is 1. The van der Waals surface area contributed by atoms with Crippen molar-refractivity contribution in [3.05, 3.63) is 46.2 Å². The number of carbonyl (C=O) groups is 3. The third kappa shape index (κ3) is 4.57. The highest BCUT2D eigenvalue weighted by Gasteiger charge is 2.21. The van der Waals surface area contributed by atoms with Crippen molar-refractivity contribution >= 4 is 34.8 Å². The minimum absolute atomic E-state index is 0.232. The summed E-state index contributed by atoms with van der Waals surface area (Å²) in [5, 5.41) is 15.6. The molecule has 1 aromatic carbocycles. The van der Waals surface area contributed by atoms with Gasteiger partial charge < -0.3 is 20.5 Å². The Morgan fingerprint density at radius 3 is 2.60 bits per heavy atom. The van der Waals surface area contributed by atoms with Gasteiger partial charge in [0.2, 0.25) is 0 Å². The number of carbonyl (C=O) groups excluding carboxylic acids is 2. The summed E-state index contributed by atoms with van der Waals surface area (Å²) < 4.78 is 5.43. The SMILES string of the molecule is CCOc1ccccc1C(=O)Nc1ccsc1C(=O)N[C@@H](C)C(=O)O. The molecule has 25 heavy (non-hydrogen) atoms. The molecule has 0 aliphatic carbocycles. The molecule has 7 nitrogen and oxygen atoms in total. The summed E-state index contributed by atoms with van der Waals surface area (Å²) in [6.45, 7) is 3.60.